The summed E-state index contributed by atoms with van der Waals surface area (Å²) in [6, 6.07) is 17.0. The molecule has 5 heteroatoms. The molecule has 26 heavy (non-hydrogen) atoms. The van der Waals surface area contributed by atoms with Crippen LogP contribution in [0.15, 0.2) is 53.0 Å². The maximum atomic E-state index is 5.01. The summed E-state index contributed by atoms with van der Waals surface area (Å²) in [5.41, 5.74) is 5.84. The Balaban J connectivity index is 1.84. The van der Waals surface area contributed by atoms with Gasteiger partial charge in [0.05, 0.1) is 11.4 Å². The van der Waals surface area contributed by atoms with E-state index in [4.69, 9.17) is 5.10 Å². The molecule has 1 aliphatic heterocycles. The van der Waals surface area contributed by atoms with Crippen LogP contribution in [0, 0.1) is 0 Å². The quantitative estimate of drug-likeness (QED) is 0.650. The van der Waals surface area contributed by atoms with Crippen LogP contribution in [0.2, 0.25) is 0 Å². The normalized spacial score (nSPS) is 13.7. The summed E-state index contributed by atoms with van der Waals surface area (Å²) in [5.74, 6) is 1.13. The van der Waals surface area contributed by atoms with Crippen molar-refractivity contribution in [2.75, 3.05) is 30.9 Å². The summed E-state index contributed by atoms with van der Waals surface area (Å²) in [7, 11) is 4.12. The van der Waals surface area contributed by atoms with E-state index in [1.807, 2.05) is 6.07 Å². The zero-order valence-corrected chi connectivity index (χ0v) is 16.8. The van der Waals surface area contributed by atoms with Crippen LogP contribution in [-0.2, 0) is 6.42 Å². The molecular formula is C21H23BrN4. The Hall–Kier alpha value is -2.27. The molecule has 1 N–H and O–H groups in total. The number of hydrogen-bond donors (Lipinski definition) is 1. The van der Waals surface area contributed by atoms with Crippen LogP contribution in [0.4, 0.5) is 11.5 Å². The van der Waals surface area contributed by atoms with Crippen molar-refractivity contribution in [3.05, 3.63) is 58.6 Å². The molecule has 0 amide bonds. The van der Waals surface area contributed by atoms with Crippen molar-refractivity contribution in [2.45, 2.75) is 19.3 Å². The van der Waals surface area contributed by atoms with E-state index < -0.39 is 0 Å². The average molecular weight is 411 g/mol. The molecule has 0 atom stereocenters. The summed E-state index contributed by atoms with van der Waals surface area (Å²) in [6.45, 7) is 0.992. The highest BCUT2D eigenvalue weighted by molar-refractivity contribution is 9.10. The zero-order chi connectivity index (χ0) is 18.1. The molecule has 4 nitrogen and oxygen atoms in total. The lowest BCUT2D eigenvalue weighted by atomic mass is 10.0. The van der Waals surface area contributed by atoms with E-state index in [1.54, 1.807) is 0 Å². The van der Waals surface area contributed by atoms with Gasteiger partial charge in [0.1, 0.15) is 5.82 Å². The zero-order valence-electron chi connectivity index (χ0n) is 15.2. The van der Waals surface area contributed by atoms with Gasteiger partial charge in [0.2, 0.25) is 0 Å². The Morgan fingerprint density at radius 3 is 2.62 bits per heavy atom. The fourth-order valence-corrected chi connectivity index (χ4v) is 3.83. The maximum Gasteiger partial charge on any atom is 0.133 e. The van der Waals surface area contributed by atoms with Crippen LogP contribution in [-0.4, -0.2) is 30.4 Å². The predicted octanol–water partition coefficient (Wildman–Crippen LogP) is 5.12. The summed E-state index contributed by atoms with van der Waals surface area (Å²) in [5, 5.41) is 8.62. The summed E-state index contributed by atoms with van der Waals surface area (Å²) in [4.78, 5) is 2.12. The SMILES string of the molecule is CN(C)c1ccc(-c2nn(-c3cccc(Br)c3)c3c2CCCCN3)cc1. The van der Waals surface area contributed by atoms with Gasteiger partial charge >= 0.3 is 0 Å². The Bertz CT molecular complexity index is 912. The van der Waals surface area contributed by atoms with Crippen molar-refractivity contribution in [3.8, 4) is 16.9 Å². The van der Waals surface area contributed by atoms with Crippen molar-refractivity contribution in [1.82, 2.24) is 9.78 Å². The highest BCUT2D eigenvalue weighted by Gasteiger charge is 2.21. The van der Waals surface area contributed by atoms with Gasteiger partial charge in [-0.05, 0) is 49.6 Å². The highest BCUT2D eigenvalue weighted by Crippen LogP contribution is 2.34. The lowest BCUT2D eigenvalue weighted by Gasteiger charge is -2.12. The van der Waals surface area contributed by atoms with Gasteiger partial charge in [0.15, 0.2) is 0 Å². The molecular weight excluding hydrogens is 388 g/mol. The number of benzene rings is 2. The summed E-state index contributed by atoms with van der Waals surface area (Å²) in [6.07, 6.45) is 3.43. The van der Waals surface area contributed by atoms with Gasteiger partial charge < -0.3 is 10.2 Å². The Labute approximate surface area is 163 Å². The number of nitrogens with zero attached hydrogens (tertiary/aromatic N) is 3. The van der Waals surface area contributed by atoms with Gasteiger partial charge in [0, 0.05) is 41.9 Å². The molecule has 1 aliphatic rings. The third-order valence-corrected chi connectivity index (χ3v) is 5.33. The van der Waals surface area contributed by atoms with Gasteiger partial charge in [-0.15, -0.1) is 0 Å². The largest absolute Gasteiger partial charge is 0.378 e. The lowest BCUT2D eigenvalue weighted by molar-refractivity contribution is 0.780. The van der Waals surface area contributed by atoms with E-state index >= 15 is 0 Å². The first-order chi connectivity index (χ1) is 12.6. The molecule has 0 bridgehead atoms. The van der Waals surface area contributed by atoms with Gasteiger partial charge in [-0.25, -0.2) is 4.68 Å². The molecule has 0 saturated carbocycles. The summed E-state index contributed by atoms with van der Waals surface area (Å²) < 4.78 is 3.12. The molecule has 1 aromatic heterocycles. The minimum Gasteiger partial charge on any atom is -0.378 e. The molecule has 0 aliphatic carbocycles. The topological polar surface area (TPSA) is 33.1 Å². The average Bonchev–Trinajstić information content (AvgIpc) is 2.83. The minimum atomic E-state index is 0.992. The van der Waals surface area contributed by atoms with E-state index in [1.165, 1.54) is 29.7 Å². The highest BCUT2D eigenvalue weighted by atomic mass is 79.9. The number of hydrogen-bond acceptors (Lipinski definition) is 3. The monoisotopic (exact) mass is 410 g/mol. The molecule has 2 aromatic carbocycles. The number of fused-ring (bicyclic) bond motifs is 1. The number of rotatable bonds is 3. The minimum absolute atomic E-state index is 0.992. The van der Waals surface area contributed by atoms with Crippen LogP contribution in [0.5, 0.6) is 0 Å². The number of halogens is 1. The molecule has 3 aromatic rings. The number of anilines is 2. The fourth-order valence-electron chi connectivity index (χ4n) is 3.45. The van der Waals surface area contributed by atoms with E-state index in [0.717, 1.165) is 34.6 Å². The van der Waals surface area contributed by atoms with Crippen LogP contribution in [0.1, 0.15) is 18.4 Å². The van der Waals surface area contributed by atoms with Gasteiger partial charge in [-0.1, -0.05) is 34.1 Å². The Kier molecular flexibility index (Phi) is 4.72. The Morgan fingerprint density at radius 2 is 1.88 bits per heavy atom. The number of aromatic nitrogens is 2. The molecule has 0 radical (unpaired) electrons. The molecule has 0 spiro atoms. The van der Waals surface area contributed by atoms with Gasteiger partial charge in [-0.2, -0.15) is 5.10 Å². The third kappa shape index (κ3) is 3.23. The fraction of sp³-hybridized carbons (Fsp3) is 0.286. The first-order valence-corrected chi connectivity index (χ1v) is 9.82. The third-order valence-electron chi connectivity index (χ3n) is 4.84. The molecule has 4 rings (SSSR count). The van der Waals surface area contributed by atoms with Crippen molar-refractivity contribution < 1.29 is 0 Å². The van der Waals surface area contributed by atoms with Crippen LogP contribution >= 0.6 is 15.9 Å². The second-order valence-corrected chi connectivity index (χ2v) is 7.81. The molecule has 0 unspecified atom stereocenters. The number of nitrogens with one attached hydrogen (secondary N) is 1. The van der Waals surface area contributed by atoms with Crippen molar-refractivity contribution in [3.63, 3.8) is 0 Å². The first kappa shape index (κ1) is 17.2. The molecule has 2 heterocycles. The van der Waals surface area contributed by atoms with E-state index in [-0.39, 0.29) is 0 Å². The van der Waals surface area contributed by atoms with Crippen molar-refractivity contribution >= 4 is 27.4 Å². The van der Waals surface area contributed by atoms with Crippen molar-refractivity contribution in [2.24, 2.45) is 0 Å². The smallest absolute Gasteiger partial charge is 0.133 e. The van der Waals surface area contributed by atoms with Crippen LogP contribution in [0.3, 0.4) is 0 Å². The standard InChI is InChI=1S/C21H23BrN4/c1-25(2)17-11-9-15(10-12-17)20-19-8-3-4-13-23-21(19)26(24-20)18-7-5-6-16(22)14-18/h5-7,9-12,14,23H,3-4,8,13H2,1-2H3. The molecule has 134 valence electrons. The molecule has 0 saturated heterocycles. The lowest BCUT2D eigenvalue weighted by Crippen LogP contribution is -2.08. The van der Waals surface area contributed by atoms with E-state index in [0.29, 0.717) is 0 Å². The van der Waals surface area contributed by atoms with Crippen LogP contribution < -0.4 is 10.2 Å². The second kappa shape index (κ2) is 7.16. The van der Waals surface area contributed by atoms with Crippen molar-refractivity contribution in [1.29, 1.82) is 0 Å². The van der Waals surface area contributed by atoms with Gasteiger partial charge in [0.25, 0.3) is 0 Å². The Morgan fingerprint density at radius 1 is 1.08 bits per heavy atom. The second-order valence-electron chi connectivity index (χ2n) is 6.89. The maximum absolute atomic E-state index is 5.01. The van der Waals surface area contributed by atoms with E-state index in [2.05, 4.69) is 87.4 Å². The van der Waals surface area contributed by atoms with E-state index in [9.17, 15) is 0 Å². The van der Waals surface area contributed by atoms with Crippen LogP contribution in [0.25, 0.3) is 16.9 Å². The summed E-state index contributed by atoms with van der Waals surface area (Å²) >= 11 is 3.58. The first-order valence-electron chi connectivity index (χ1n) is 9.03. The van der Waals surface area contributed by atoms with Gasteiger partial charge in [-0.3, -0.25) is 0 Å². The molecule has 0 fully saturated rings. The predicted molar refractivity (Wildman–Crippen MR) is 112 cm³/mol.